The molecular weight excluding hydrogens is 346 g/mol. The number of carbonyl (C=O) groups is 1. The molecule has 27 heavy (non-hydrogen) atoms. The fourth-order valence-corrected chi connectivity index (χ4v) is 2.59. The number of benzene rings is 2. The lowest BCUT2D eigenvalue weighted by Crippen LogP contribution is -2.23. The smallest absolute Gasteiger partial charge is 0.244 e. The number of nitrogens with one attached hydrogen (secondary N) is 1. The van der Waals surface area contributed by atoms with E-state index >= 15 is 0 Å². The third-order valence-corrected chi connectivity index (χ3v) is 3.96. The Morgan fingerprint density at radius 2 is 1.67 bits per heavy atom. The quantitative estimate of drug-likeness (QED) is 0.686. The first kappa shape index (κ1) is 20.2. The molecule has 0 spiro atoms. The highest BCUT2D eigenvalue weighted by atomic mass is 16.5. The molecule has 0 bridgehead atoms. The van der Waals surface area contributed by atoms with Gasteiger partial charge in [-0.3, -0.25) is 4.79 Å². The average molecular weight is 371 g/mol. The van der Waals surface area contributed by atoms with Gasteiger partial charge in [0, 0.05) is 12.6 Å². The summed E-state index contributed by atoms with van der Waals surface area (Å²) in [5.74, 6) is 2.22. The maximum atomic E-state index is 12.1. The summed E-state index contributed by atoms with van der Waals surface area (Å²) in [5, 5.41) is 2.86. The molecule has 0 aliphatic heterocycles. The second-order valence-electron chi connectivity index (χ2n) is 5.68. The van der Waals surface area contributed by atoms with Gasteiger partial charge in [0.25, 0.3) is 0 Å². The van der Waals surface area contributed by atoms with Gasteiger partial charge in [0.05, 0.1) is 28.4 Å². The molecule has 0 atom stereocenters. The number of rotatable bonds is 9. The molecule has 0 saturated carbocycles. The Kier molecular flexibility index (Phi) is 7.55. The van der Waals surface area contributed by atoms with E-state index in [-0.39, 0.29) is 5.91 Å². The topological polar surface area (TPSA) is 66.0 Å². The molecule has 0 aromatic heterocycles. The second kappa shape index (κ2) is 10.1. The van der Waals surface area contributed by atoms with Crippen molar-refractivity contribution in [3.8, 4) is 23.0 Å². The van der Waals surface area contributed by atoms with Crippen LogP contribution >= 0.6 is 0 Å². The Bertz CT molecular complexity index is 776. The van der Waals surface area contributed by atoms with Crippen LogP contribution in [0.15, 0.2) is 42.5 Å². The van der Waals surface area contributed by atoms with Crippen molar-refractivity contribution < 1.29 is 23.7 Å². The summed E-state index contributed by atoms with van der Waals surface area (Å²) in [7, 11) is 6.28. The van der Waals surface area contributed by atoms with E-state index in [9.17, 15) is 4.79 Å². The molecule has 2 aromatic carbocycles. The van der Waals surface area contributed by atoms with Gasteiger partial charge in [-0.25, -0.2) is 0 Å². The molecule has 6 heteroatoms. The standard InChI is InChI=1S/C21H25NO5/c1-24-17-7-5-6-15(12-17)10-11-22-20(23)9-8-16-13-18(25-2)21(27-4)19(14-16)26-3/h5-9,12-14H,10-11H2,1-4H3,(H,22,23)/b9-8+. The van der Waals surface area contributed by atoms with E-state index in [0.29, 0.717) is 23.8 Å². The van der Waals surface area contributed by atoms with Crippen molar-refractivity contribution in [2.24, 2.45) is 0 Å². The van der Waals surface area contributed by atoms with Crippen LogP contribution in [-0.2, 0) is 11.2 Å². The fourth-order valence-electron chi connectivity index (χ4n) is 2.59. The van der Waals surface area contributed by atoms with E-state index in [1.54, 1.807) is 46.6 Å². The van der Waals surface area contributed by atoms with Gasteiger partial charge in [-0.2, -0.15) is 0 Å². The average Bonchev–Trinajstić information content (AvgIpc) is 2.71. The third-order valence-electron chi connectivity index (χ3n) is 3.96. The van der Waals surface area contributed by atoms with Crippen LogP contribution in [0.4, 0.5) is 0 Å². The van der Waals surface area contributed by atoms with Crippen molar-refractivity contribution in [1.82, 2.24) is 5.32 Å². The highest BCUT2D eigenvalue weighted by Crippen LogP contribution is 2.38. The molecule has 1 N–H and O–H groups in total. The van der Waals surface area contributed by atoms with Crippen molar-refractivity contribution in [2.75, 3.05) is 35.0 Å². The zero-order chi connectivity index (χ0) is 19.6. The molecule has 0 radical (unpaired) electrons. The van der Waals surface area contributed by atoms with Crippen molar-refractivity contribution in [3.63, 3.8) is 0 Å². The van der Waals surface area contributed by atoms with Crippen LogP contribution in [0.2, 0.25) is 0 Å². The van der Waals surface area contributed by atoms with Gasteiger partial charge in [0.2, 0.25) is 11.7 Å². The number of ether oxygens (including phenoxy) is 4. The maximum absolute atomic E-state index is 12.1. The molecule has 1 amide bonds. The summed E-state index contributed by atoms with van der Waals surface area (Å²) in [5.41, 5.74) is 1.87. The zero-order valence-corrected chi connectivity index (χ0v) is 16.1. The molecular formula is C21H25NO5. The van der Waals surface area contributed by atoms with Gasteiger partial charge in [0.1, 0.15) is 5.75 Å². The molecule has 144 valence electrons. The van der Waals surface area contributed by atoms with Crippen LogP contribution in [0, 0.1) is 0 Å². The minimum Gasteiger partial charge on any atom is -0.497 e. The van der Waals surface area contributed by atoms with E-state index in [0.717, 1.165) is 23.3 Å². The summed E-state index contributed by atoms with van der Waals surface area (Å²) in [4.78, 5) is 12.1. The molecule has 0 unspecified atom stereocenters. The number of hydrogen-bond acceptors (Lipinski definition) is 5. The molecule has 2 aromatic rings. The molecule has 0 aliphatic carbocycles. The molecule has 6 nitrogen and oxygen atoms in total. The second-order valence-corrected chi connectivity index (χ2v) is 5.68. The molecule has 2 rings (SSSR count). The van der Waals surface area contributed by atoms with Crippen LogP contribution in [-0.4, -0.2) is 40.9 Å². The lowest BCUT2D eigenvalue weighted by atomic mass is 10.1. The van der Waals surface area contributed by atoms with E-state index < -0.39 is 0 Å². The van der Waals surface area contributed by atoms with Gasteiger partial charge < -0.3 is 24.3 Å². The largest absolute Gasteiger partial charge is 0.497 e. The van der Waals surface area contributed by atoms with Crippen molar-refractivity contribution in [3.05, 3.63) is 53.6 Å². The Labute approximate surface area is 159 Å². The fraction of sp³-hybridized carbons (Fsp3) is 0.286. The van der Waals surface area contributed by atoms with Gasteiger partial charge in [0.15, 0.2) is 11.5 Å². The van der Waals surface area contributed by atoms with Crippen LogP contribution < -0.4 is 24.3 Å². The summed E-state index contributed by atoms with van der Waals surface area (Å²) in [6, 6.07) is 11.3. The zero-order valence-electron chi connectivity index (χ0n) is 16.1. The van der Waals surface area contributed by atoms with E-state index in [1.807, 2.05) is 24.3 Å². The first-order chi connectivity index (χ1) is 13.1. The third kappa shape index (κ3) is 5.67. The normalized spacial score (nSPS) is 10.5. The number of carbonyl (C=O) groups excluding carboxylic acids is 1. The summed E-state index contributed by atoms with van der Waals surface area (Å²) < 4.78 is 21.1. The Balaban J connectivity index is 1.95. The summed E-state index contributed by atoms with van der Waals surface area (Å²) in [6.45, 7) is 0.533. The Morgan fingerprint density at radius 3 is 2.26 bits per heavy atom. The maximum Gasteiger partial charge on any atom is 0.244 e. The van der Waals surface area contributed by atoms with Crippen LogP contribution in [0.5, 0.6) is 23.0 Å². The number of amides is 1. The van der Waals surface area contributed by atoms with Gasteiger partial charge in [-0.05, 0) is 47.9 Å². The molecule has 0 heterocycles. The summed E-state index contributed by atoms with van der Waals surface area (Å²) >= 11 is 0. The van der Waals surface area contributed by atoms with Crippen molar-refractivity contribution in [1.29, 1.82) is 0 Å². The lowest BCUT2D eigenvalue weighted by molar-refractivity contribution is -0.116. The SMILES string of the molecule is COc1cccc(CCNC(=O)/C=C/c2cc(OC)c(OC)c(OC)c2)c1. The first-order valence-electron chi connectivity index (χ1n) is 8.50. The molecule has 0 saturated heterocycles. The minimum absolute atomic E-state index is 0.174. The van der Waals surface area contributed by atoms with Gasteiger partial charge in [-0.1, -0.05) is 12.1 Å². The van der Waals surface area contributed by atoms with E-state index in [1.165, 1.54) is 6.08 Å². The lowest BCUT2D eigenvalue weighted by Gasteiger charge is -2.12. The van der Waals surface area contributed by atoms with Crippen LogP contribution in [0.25, 0.3) is 6.08 Å². The predicted octanol–water partition coefficient (Wildman–Crippen LogP) is 3.09. The van der Waals surface area contributed by atoms with E-state index in [2.05, 4.69) is 5.32 Å². The minimum atomic E-state index is -0.174. The number of hydrogen-bond donors (Lipinski definition) is 1. The van der Waals surface area contributed by atoms with Crippen molar-refractivity contribution >= 4 is 12.0 Å². The monoisotopic (exact) mass is 371 g/mol. The Hall–Kier alpha value is -3.15. The molecule has 0 fully saturated rings. The summed E-state index contributed by atoms with van der Waals surface area (Å²) in [6.07, 6.45) is 3.90. The van der Waals surface area contributed by atoms with Crippen LogP contribution in [0.3, 0.4) is 0 Å². The van der Waals surface area contributed by atoms with E-state index in [4.69, 9.17) is 18.9 Å². The van der Waals surface area contributed by atoms with Gasteiger partial charge >= 0.3 is 0 Å². The van der Waals surface area contributed by atoms with Crippen molar-refractivity contribution in [2.45, 2.75) is 6.42 Å². The highest BCUT2D eigenvalue weighted by Gasteiger charge is 2.12. The highest BCUT2D eigenvalue weighted by molar-refractivity contribution is 5.91. The van der Waals surface area contributed by atoms with Gasteiger partial charge in [-0.15, -0.1) is 0 Å². The molecule has 0 aliphatic rings. The Morgan fingerprint density at radius 1 is 0.963 bits per heavy atom. The first-order valence-corrected chi connectivity index (χ1v) is 8.50. The van der Waals surface area contributed by atoms with Crippen LogP contribution in [0.1, 0.15) is 11.1 Å². The predicted molar refractivity (Wildman–Crippen MR) is 105 cm³/mol. The number of methoxy groups -OCH3 is 4.